The number of carbonyl (C=O) groups excluding carboxylic acids is 2. The van der Waals surface area contributed by atoms with E-state index in [-0.39, 0.29) is 54.9 Å². The number of alkyl carbamates (subject to hydrolysis) is 1. The Bertz CT molecular complexity index is 3590. The number of anilines is 2. The highest BCUT2D eigenvalue weighted by molar-refractivity contribution is 5.76. The van der Waals surface area contributed by atoms with E-state index >= 15 is 0 Å². The molecule has 6 aliphatic heterocycles. The molecule has 0 spiro atoms. The number of rotatable bonds is 45. The molecule has 0 aromatic heterocycles. The lowest BCUT2D eigenvalue weighted by molar-refractivity contribution is -0.399. The minimum Gasteiger partial charge on any atom is -0.446 e. The van der Waals surface area contributed by atoms with Crippen molar-refractivity contribution >= 4 is 23.4 Å². The van der Waals surface area contributed by atoms with E-state index in [1.807, 2.05) is 0 Å². The molecule has 1 aromatic carbocycles. The summed E-state index contributed by atoms with van der Waals surface area (Å²) in [5, 5.41) is 222. The third kappa shape index (κ3) is 24.0. The van der Waals surface area contributed by atoms with Crippen LogP contribution in [0.5, 0.6) is 0 Å². The van der Waals surface area contributed by atoms with Crippen LogP contribution >= 0.6 is 0 Å². The van der Waals surface area contributed by atoms with Gasteiger partial charge in [-0.1, -0.05) is 91.2 Å². The van der Waals surface area contributed by atoms with Gasteiger partial charge in [0.05, 0.1) is 39.6 Å². The van der Waals surface area contributed by atoms with Crippen molar-refractivity contribution in [3.05, 3.63) is 32.1 Å². The first kappa shape index (κ1) is 102. The Morgan fingerprint density at radius 2 is 0.929 bits per heavy atom. The van der Waals surface area contributed by atoms with Gasteiger partial charge in [-0.2, -0.15) is 0 Å². The Hall–Kier alpha value is -4.12. The number of aliphatic hydroxyl groups excluding tert-OH is 19. The van der Waals surface area contributed by atoms with Gasteiger partial charge in [0.1, 0.15) is 164 Å². The van der Waals surface area contributed by atoms with Crippen LogP contribution in [0.25, 0.3) is 0 Å². The monoisotopic (exact) mass is 1810 g/mol. The summed E-state index contributed by atoms with van der Waals surface area (Å²) in [5.41, 5.74) is 1.18. The Labute approximate surface area is 732 Å². The fraction of sp³-hybridized carbons (Fsp3) is 0.906. The van der Waals surface area contributed by atoms with Gasteiger partial charge >= 0.3 is 6.09 Å². The fourth-order valence-corrected chi connectivity index (χ4v) is 20.9. The molecule has 11 rings (SSSR count). The molecule has 24 N–H and O–H groups in total. The number of hydrogen-bond acceptors (Lipinski definition) is 39. The molecule has 10 aliphatic rings. The lowest BCUT2D eigenvalue weighted by Crippen LogP contribution is -2.68. The minimum absolute atomic E-state index is 0.131. The molecule has 724 valence electrons. The van der Waals surface area contributed by atoms with Gasteiger partial charge in [0.25, 0.3) is 10.9 Å². The number of unbranched alkanes of at least 4 members (excludes halogenated alkanes) is 6. The molecule has 0 bridgehead atoms. The first-order chi connectivity index (χ1) is 60.2. The van der Waals surface area contributed by atoms with Crippen LogP contribution < -0.4 is 37.4 Å². The van der Waals surface area contributed by atoms with Gasteiger partial charge in [-0.3, -0.25) is 14.4 Å². The van der Waals surface area contributed by atoms with E-state index in [0.29, 0.717) is 82.5 Å². The first-order valence-electron chi connectivity index (χ1n) is 45.5. The van der Waals surface area contributed by atoms with Crippen molar-refractivity contribution in [3.63, 3.8) is 0 Å². The van der Waals surface area contributed by atoms with Crippen molar-refractivity contribution in [1.82, 2.24) is 16.0 Å². The molecular formula is C85H143N5O36. The molecule has 41 nitrogen and oxygen atoms in total. The van der Waals surface area contributed by atoms with Gasteiger partial charge in [-0.15, -0.1) is 0 Å². The summed E-state index contributed by atoms with van der Waals surface area (Å²) in [6.07, 6.45) is -37.7. The lowest BCUT2D eigenvalue weighted by atomic mass is 9.47. The molecule has 2 amide bonds. The predicted molar refractivity (Wildman–Crippen MR) is 440 cm³/mol. The zero-order valence-corrected chi connectivity index (χ0v) is 72.7. The molecule has 3 saturated carbocycles. The maximum atomic E-state index is 13.0. The van der Waals surface area contributed by atoms with Crippen molar-refractivity contribution in [2.75, 3.05) is 96.2 Å². The minimum atomic E-state index is -2.23. The van der Waals surface area contributed by atoms with Crippen LogP contribution in [0.4, 0.5) is 16.2 Å². The predicted octanol–water partition coefficient (Wildman–Crippen LogP) is -4.60. The second-order valence-electron chi connectivity index (χ2n) is 37.1. The van der Waals surface area contributed by atoms with E-state index in [4.69, 9.17) is 61.6 Å². The summed E-state index contributed by atoms with van der Waals surface area (Å²) in [7, 11) is 0. The molecule has 1 aromatic rings. The van der Waals surface area contributed by atoms with Gasteiger partial charge in [0.15, 0.2) is 37.7 Å². The number of ether oxygens (including phenoxy) is 13. The molecule has 3 unspecified atom stereocenters. The largest absolute Gasteiger partial charge is 0.446 e. The quantitative estimate of drug-likeness (QED) is 0.0166. The van der Waals surface area contributed by atoms with Gasteiger partial charge in [-0.05, 0) is 124 Å². The lowest BCUT2D eigenvalue weighted by Gasteiger charge is -2.58. The highest BCUT2D eigenvalue weighted by atomic mass is 16.8. The molecule has 126 heavy (non-hydrogen) atoms. The van der Waals surface area contributed by atoms with E-state index in [9.17, 15) is 116 Å². The van der Waals surface area contributed by atoms with Gasteiger partial charge in [0, 0.05) is 52.2 Å². The SMILES string of the molecule is CC(C)CCCC(C)[C@H]1CC[C@H]2C3CC=C4C[C@@H](OC(=O)NCCNCCCCNc5c(NCCNC(=O)CCCCCCCCO[C@@H]6O[C@H](CO[C@H]7O[C@H](CO)[C@@H](O)[C@H](OC8O[C@H](CO)[C@@H](O)[C@H](O)[C@@H]8O)[C@@H]7O)[C@@H](O)[C@H](O[C@H]7O[C@H](CO)[C@@H](O)[C@H](O)[C@@H]7O[C@H]7O[C@H](CO)[C@@H](O)[C@H](O[C@H]8O[C@H](CO)[C@@H](O)[C@H](O)[C@@H]8O)[C@@H]7O)[C@@H]6O)c(=O)c5=O)CC[C@]4(C)[C@H]3CC[C@]12C. The molecule has 9 fully saturated rings. The Balaban J connectivity index is 0.597. The first-order valence-corrected chi connectivity index (χ1v) is 45.5. The van der Waals surface area contributed by atoms with E-state index < -0.39 is 241 Å². The Kier molecular flexibility index (Phi) is 38.3. The summed E-state index contributed by atoms with van der Waals surface area (Å²) < 4.78 is 75.6. The normalized spacial score (nSPS) is 41.6. The number of amides is 2. The average Bonchev–Trinajstić information content (AvgIpc) is 1.47. The van der Waals surface area contributed by atoms with E-state index in [1.165, 1.54) is 50.5 Å². The van der Waals surface area contributed by atoms with Crippen LogP contribution in [0.2, 0.25) is 0 Å². The second kappa shape index (κ2) is 47.2. The van der Waals surface area contributed by atoms with Crippen molar-refractivity contribution in [2.24, 2.45) is 46.3 Å². The summed E-state index contributed by atoms with van der Waals surface area (Å²) in [4.78, 5) is 50.9. The third-order valence-corrected chi connectivity index (χ3v) is 28.3. The summed E-state index contributed by atoms with van der Waals surface area (Å²) in [6.45, 7) is 9.02. The molecule has 4 aliphatic carbocycles. The zero-order chi connectivity index (χ0) is 91.2. The molecule has 6 heterocycles. The highest BCUT2D eigenvalue weighted by Gasteiger charge is 2.62. The van der Waals surface area contributed by atoms with E-state index in [0.717, 1.165) is 61.7 Å². The van der Waals surface area contributed by atoms with Crippen molar-refractivity contribution in [2.45, 2.75) is 353 Å². The number of hydrogen-bond donors (Lipinski definition) is 24. The molecular weight excluding hydrogens is 1670 g/mol. The number of fused-ring (bicyclic) bond motifs is 5. The van der Waals surface area contributed by atoms with Gasteiger partial charge in [-0.25, -0.2) is 4.79 Å². The van der Waals surface area contributed by atoms with Gasteiger partial charge < -0.3 is 185 Å². The highest BCUT2D eigenvalue weighted by Crippen LogP contribution is 2.67. The van der Waals surface area contributed by atoms with Crippen LogP contribution in [-0.2, 0) is 66.4 Å². The fourth-order valence-electron chi connectivity index (χ4n) is 20.9. The van der Waals surface area contributed by atoms with Crippen LogP contribution in [0.1, 0.15) is 163 Å². The average molecular weight is 1810 g/mol. The zero-order valence-electron chi connectivity index (χ0n) is 72.7. The number of allylic oxidation sites excluding steroid dienone is 1. The maximum Gasteiger partial charge on any atom is 0.407 e. The number of aliphatic hydroxyl groups is 19. The molecule has 6 saturated heterocycles. The van der Waals surface area contributed by atoms with Crippen LogP contribution in [-0.4, -0.2) is 385 Å². The summed E-state index contributed by atoms with van der Waals surface area (Å²) in [6, 6.07) is 0. The smallest absolute Gasteiger partial charge is 0.407 e. The number of nitrogens with one attached hydrogen (secondary N) is 5. The van der Waals surface area contributed by atoms with Gasteiger partial charge in [0.2, 0.25) is 5.91 Å². The Morgan fingerprint density at radius 1 is 0.444 bits per heavy atom. The van der Waals surface area contributed by atoms with E-state index in [2.05, 4.69) is 67.3 Å². The Morgan fingerprint density at radius 3 is 1.52 bits per heavy atom. The molecule has 41 heteroatoms. The van der Waals surface area contributed by atoms with E-state index in [1.54, 1.807) is 0 Å². The van der Waals surface area contributed by atoms with Crippen molar-refractivity contribution in [1.29, 1.82) is 0 Å². The second-order valence-corrected chi connectivity index (χ2v) is 37.1. The van der Waals surface area contributed by atoms with Crippen molar-refractivity contribution in [3.8, 4) is 0 Å². The van der Waals surface area contributed by atoms with Crippen LogP contribution in [0.3, 0.4) is 0 Å². The standard InChI is InChI=1S/C85H143N5O36/c1-40(2)15-14-16-41(3)45-20-21-46-44-19-18-42-33-43(22-24-84(42,4)47(44)23-25-85(45,46)5)116-83(113)90-29-28-86-26-11-12-27-88-55-56(64(104)63(55)103)89-31-30-87-54(96)17-10-8-6-7-9-13-32-114-77-70(110)75(62(102)53(122-77)39-115-78-71(111)73(60(100)51(37-94)117-78)123-79-68(108)65(105)57(97)48(34-91)118-79)125-82-76(67(107)59(99)50(36-93)121-82)126-81-72(112)74(61(101)52(38-95)120-81)124-80-69(109)66(106)58(98)49(35-92)119-80/h18,40-41,43-53,57-62,65-82,86,88-89,91-95,97-102,105-112H,6-17,19-39H2,1-5H3,(H,87,96)(H,90,113)/t41?,43-,44?,45+,46-,47-,48+,49+,50+,51+,52+,53+,57+,58+,59+,60+,61+,62+,65-,66-,67-,68-,69-,70-,71-,72-,73-,74-,75-,76-,77+,78-,79?,80+,81+,82+,84-,85+/m0/s1. The van der Waals surface area contributed by atoms with Crippen LogP contribution in [0.15, 0.2) is 21.2 Å². The molecule has 0 radical (unpaired) electrons. The summed E-state index contributed by atoms with van der Waals surface area (Å²) >= 11 is 0. The summed E-state index contributed by atoms with van der Waals surface area (Å²) in [5.74, 6) is 4.38. The van der Waals surface area contributed by atoms with Crippen LogP contribution in [0, 0.1) is 46.3 Å². The maximum absolute atomic E-state index is 13.0. The van der Waals surface area contributed by atoms with Crippen molar-refractivity contribution < 1.29 is 168 Å². The molecule has 38 atom stereocenters. The third-order valence-electron chi connectivity index (χ3n) is 28.3. The topological polar surface area (TPSA) is 633 Å². The number of carbonyl (C=O) groups is 2.